The summed E-state index contributed by atoms with van der Waals surface area (Å²) in [5, 5.41) is 5.04. The van der Waals surface area contributed by atoms with E-state index in [2.05, 4.69) is 5.32 Å². The van der Waals surface area contributed by atoms with Gasteiger partial charge >= 0.3 is 5.97 Å². The van der Waals surface area contributed by atoms with Crippen molar-refractivity contribution in [3.8, 4) is 22.6 Å². The van der Waals surface area contributed by atoms with Gasteiger partial charge in [0.15, 0.2) is 18.1 Å². The lowest BCUT2D eigenvalue weighted by molar-refractivity contribution is -0.118. The van der Waals surface area contributed by atoms with Crippen LogP contribution in [0.15, 0.2) is 53.9 Å². The third-order valence-corrected chi connectivity index (χ3v) is 5.21. The number of nitrogens with one attached hydrogen (secondary N) is 1. The Balaban J connectivity index is 1.80. The summed E-state index contributed by atoms with van der Waals surface area (Å²) in [7, 11) is 1.53. The van der Waals surface area contributed by atoms with Crippen LogP contribution in [0.25, 0.3) is 11.1 Å². The van der Waals surface area contributed by atoms with Gasteiger partial charge in [-0.15, -0.1) is 11.3 Å². The molecule has 1 aromatic heterocycles. The van der Waals surface area contributed by atoms with Crippen molar-refractivity contribution in [2.45, 2.75) is 13.8 Å². The first-order chi connectivity index (χ1) is 14.5. The van der Waals surface area contributed by atoms with Gasteiger partial charge in [0.1, 0.15) is 10.6 Å². The van der Waals surface area contributed by atoms with Crippen LogP contribution >= 0.6 is 11.3 Å². The highest BCUT2D eigenvalue weighted by atomic mass is 32.1. The van der Waals surface area contributed by atoms with Crippen molar-refractivity contribution >= 4 is 28.2 Å². The third-order valence-electron chi connectivity index (χ3n) is 4.31. The predicted octanol–water partition coefficient (Wildman–Crippen LogP) is 4.93. The van der Waals surface area contributed by atoms with E-state index in [4.69, 9.17) is 14.2 Å². The van der Waals surface area contributed by atoms with Crippen LogP contribution in [0.2, 0.25) is 0 Å². The lowest BCUT2D eigenvalue weighted by Crippen LogP contribution is -2.21. The average Bonchev–Trinajstić information content (AvgIpc) is 3.16. The molecule has 6 nitrogen and oxygen atoms in total. The molecule has 3 aromatic rings. The normalized spacial score (nSPS) is 10.4. The maximum absolute atomic E-state index is 12.6. The Morgan fingerprint density at radius 1 is 1.03 bits per heavy atom. The van der Waals surface area contributed by atoms with Crippen LogP contribution in [0.4, 0.5) is 5.00 Å². The summed E-state index contributed by atoms with van der Waals surface area (Å²) in [4.78, 5) is 25.1. The van der Waals surface area contributed by atoms with Crippen LogP contribution in [0, 0.1) is 6.92 Å². The molecule has 0 bridgehead atoms. The van der Waals surface area contributed by atoms with Crippen molar-refractivity contribution < 1.29 is 23.8 Å². The maximum atomic E-state index is 12.6. The van der Waals surface area contributed by atoms with Gasteiger partial charge in [0.2, 0.25) is 0 Å². The van der Waals surface area contributed by atoms with Crippen molar-refractivity contribution in [2.24, 2.45) is 0 Å². The molecule has 0 fully saturated rings. The van der Waals surface area contributed by atoms with E-state index in [1.807, 2.05) is 42.6 Å². The van der Waals surface area contributed by atoms with E-state index in [-0.39, 0.29) is 19.1 Å². The number of hydrogen-bond acceptors (Lipinski definition) is 6. The smallest absolute Gasteiger partial charge is 0.341 e. The van der Waals surface area contributed by atoms with Gasteiger partial charge in [-0.2, -0.15) is 0 Å². The van der Waals surface area contributed by atoms with Crippen LogP contribution in [-0.2, 0) is 9.53 Å². The van der Waals surface area contributed by atoms with Crippen molar-refractivity contribution in [1.29, 1.82) is 0 Å². The molecule has 0 aliphatic carbocycles. The van der Waals surface area contributed by atoms with Gasteiger partial charge in [0.25, 0.3) is 5.91 Å². The number of esters is 1. The number of ether oxygens (including phenoxy) is 3. The van der Waals surface area contributed by atoms with E-state index in [1.54, 1.807) is 25.1 Å². The van der Waals surface area contributed by atoms with Crippen LogP contribution in [0.1, 0.15) is 22.8 Å². The van der Waals surface area contributed by atoms with Crippen LogP contribution in [-0.4, -0.2) is 32.2 Å². The zero-order chi connectivity index (χ0) is 21.5. The van der Waals surface area contributed by atoms with Crippen molar-refractivity contribution in [3.63, 3.8) is 0 Å². The standard InChI is InChI=1S/C23H23NO5S/c1-4-28-23(26)21-17(16-11-9-15(2)10-12-16)14-30-22(21)24-20(25)13-29-19-8-6-5-7-18(19)27-3/h5-12,14H,4,13H2,1-3H3,(H,24,25). The Morgan fingerprint density at radius 2 is 1.73 bits per heavy atom. The summed E-state index contributed by atoms with van der Waals surface area (Å²) < 4.78 is 16.0. The first-order valence-corrected chi connectivity index (χ1v) is 10.3. The van der Waals surface area contributed by atoms with Crippen LogP contribution in [0.3, 0.4) is 0 Å². The van der Waals surface area contributed by atoms with Gasteiger partial charge in [-0.05, 0) is 31.5 Å². The first-order valence-electron chi connectivity index (χ1n) is 9.44. The van der Waals surface area contributed by atoms with E-state index < -0.39 is 5.97 Å². The number of aryl methyl sites for hydroxylation is 1. The van der Waals surface area contributed by atoms with E-state index in [0.717, 1.165) is 16.7 Å². The zero-order valence-corrected chi connectivity index (χ0v) is 17.9. The molecule has 0 unspecified atom stereocenters. The number of carbonyl (C=O) groups excluding carboxylic acids is 2. The monoisotopic (exact) mass is 425 g/mol. The summed E-state index contributed by atoms with van der Waals surface area (Å²) in [6.45, 7) is 3.76. The highest BCUT2D eigenvalue weighted by Crippen LogP contribution is 2.36. The SMILES string of the molecule is CCOC(=O)c1c(-c2ccc(C)cc2)csc1NC(=O)COc1ccccc1OC. The molecule has 0 saturated heterocycles. The fraction of sp³-hybridized carbons (Fsp3) is 0.217. The number of benzene rings is 2. The van der Waals surface area contributed by atoms with Gasteiger partial charge in [-0.1, -0.05) is 42.0 Å². The second-order valence-corrected chi connectivity index (χ2v) is 7.31. The molecule has 0 aliphatic rings. The topological polar surface area (TPSA) is 73.9 Å². The lowest BCUT2D eigenvalue weighted by atomic mass is 10.0. The van der Waals surface area contributed by atoms with Gasteiger partial charge in [0, 0.05) is 10.9 Å². The second-order valence-electron chi connectivity index (χ2n) is 6.43. The Hall–Kier alpha value is -3.32. The Bertz CT molecular complexity index is 1030. The molecule has 0 aliphatic heterocycles. The molecule has 0 saturated carbocycles. The molecule has 7 heteroatoms. The molecule has 0 atom stereocenters. The molecule has 0 radical (unpaired) electrons. The number of hydrogen-bond donors (Lipinski definition) is 1. The van der Waals surface area contributed by atoms with Crippen LogP contribution < -0.4 is 14.8 Å². The summed E-state index contributed by atoms with van der Waals surface area (Å²) in [5.74, 6) is 0.140. The highest BCUT2D eigenvalue weighted by Gasteiger charge is 2.23. The maximum Gasteiger partial charge on any atom is 0.341 e. The third kappa shape index (κ3) is 4.99. The Labute approximate surface area is 179 Å². The Kier molecular flexibility index (Phi) is 7.08. The molecular formula is C23H23NO5S. The highest BCUT2D eigenvalue weighted by molar-refractivity contribution is 7.15. The summed E-state index contributed by atoms with van der Waals surface area (Å²) in [6.07, 6.45) is 0. The first kappa shape index (κ1) is 21.4. The van der Waals surface area contributed by atoms with E-state index >= 15 is 0 Å². The predicted molar refractivity (Wildman–Crippen MR) is 118 cm³/mol. The fourth-order valence-corrected chi connectivity index (χ4v) is 3.82. The number of thiophene rings is 1. The molecular weight excluding hydrogens is 402 g/mol. The fourth-order valence-electron chi connectivity index (χ4n) is 2.85. The van der Waals surface area contributed by atoms with E-state index in [0.29, 0.717) is 22.1 Å². The number of anilines is 1. The molecule has 2 aromatic carbocycles. The second kappa shape index (κ2) is 9.93. The van der Waals surface area contributed by atoms with Crippen molar-refractivity contribution in [2.75, 3.05) is 25.6 Å². The van der Waals surface area contributed by atoms with Gasteiger partial charge in [-0.25, -0.2) is 4.79 Å². The summed E-state index contributed by atoms with van der Waals surface area (Å²) in [5.41, 5.74) is 3.06. The number of rotatable bonds is 8. The largest absolute Gasteiger partial charge is 0.493 e. The minimum Gasteiger partial charge on any atom is -0.493 e. The lowest BCUT2D eigenvalue weighted by Gasteiger charge is -2.11. The molecule has 1 amide bonds. The molecule has 156 valence electrons. The number of amides is 1. The van der Waals surface area contributed by atoms with Crippen LogP contribution in [0.5, 0.6) is 11.5 Å². The molecule has 1 heterocycles. The minimum atomic E-state index is -0.477. The number of carbonyl (C=O) groups is 2. The van der Waals surface area contributed by atoms with Crippen molar-refractivity contribution in [3.05, 3.63) is 65.0 Å². The van der Waals surface area contributed by atoms with Crippen molar-refractivity contribution in [1.82, 2.24) is 0 Å². The summed E-state index contributed by atoms with van der Waals surface area (Å²) >= 11 is 1.27. The summed E-state index contributed by atoms with van der Waals surface area (Å²) in [6, 6.07) is 14.9. The van der Waals surface area contributed by atoms with Gasteiger partial charge < -0.3 is 19.5 Å². The molecule has 30 heavy (non-hydrogen) atoms. The molecule has 0 spiro atoms. The van der Waals surface area contributed by atoms with Gasteiger partial charge in [-0.3, -0.25) is 4.79 Å². The molecule has 1 N–H and O–H groups in total. The quantitative estimate of drug-likeness (QED) is 0.518. The number of para-hydroxylation sites is 2. The Morgan fingerprint density at radius 3 is 2.40 bits per heavy atom. The van der Waals surface area contributed by atoms with E-state index in [1.165, 1.54) is 18.4 Å². The number of methoxy groups -OCH3 is 1. The minimum absolute atomic E-state index is 0.222. The average molecular weight is 426 g/mol. The van der Waals surface area contributed by atoms with Gasteiger partial charge in [0.05, 0.1) is 13.7 Å². The molecule has 3 rings (SSSR count). The van der Waals surface area contributed by atoms with E-state index in [9.17, 15) is 9.59 Å². The zero-order valence-electron chi connectivity index (χ0n) is 17.1.